The Morgan fingerprint density at radius 3 is 2.17 bits per heavy atom. The minimum absolute atomic E-state index is 0.164. The van der Waals surface area contributed by atoms with Crippen molar-refractivity contribution in [1.82, 2.24) is 5.32 Å². The third kappa shape index (κ3) is 8.75. The van der Waals surface area contributed by atoms with Crippen LogP contribution in [0, 0.1) is 5.92 Å². The smallest absolute Gasteiger partial charge is 0.372 e. The van der Waals surface area contributed by atoms with Crippen LogP contribution in [-0.2, 0) is 4.74 Å². The van der Waals surface area contributed by atoms with E-state index in [9.17, 15) is 13.2 Å². The van der Waals surface area contributed by atoms with Crippen LogP contribution < -0.4 is 5.32 Å². The molecule has 0 saturated carbocycles. The van der Waals surface area contributed by atoms with Crippen molar-refractivity contribution in [1.29, 1.82) is 0 Å². The monoisotopic (exact) mass is 269 g/mol. The molecule has 0 aromatic rings. The lowest BCUT2D eigenvalue weighted by Gasteiger charge is -2.26. The van der Waals surface area contributed by atoms with E-state index in [1.165, 1.54) is 0 Å². The van der Waals surface area contributed by atoms with Gasteiger partial charge in [-0.1, -0.05) is 33.6 Å². The standard InChI is InChI=1S/C13H26F3NO/c1-4-8-17-12(11(5-2)6-3)7-9-18-10-13(14,15)16/h11-12,17H,4-10H2,1-3H3. The van der Waals surface area contributed by atoms with Crippen molar-refractivity contribution in [2.24, 2.45) is 5.92 Å². The second kappa shape index (κ2) is 9.62. The molecule has 0 aromatic carbocycles. The number of hydrogen-bond donors (Lipinski definition) is 1. The second-order valence-corrected chi connectivity index (χ2v) is 4.59. The molecular weight excluding hydrogens is 243 g/mol. The van der Waals surface area contributed by atoms with Crippen molar-refractivity contribution in [3.63, 3.8) is 0 Å². The molecule has 0 saturated heterocycles. The Balaban J connectivity index is 4.00. The Bertz CT molecular complexity index is 193. The molecule has 1 atom stereocenters. The molecule has 0 radical (unpaired) electrons. The highest BCUT2D eigenvalue weighted by Crippen LogP contribution is 2.18. The van der Waals surface area contributed by atoms with Crippen LogP contribution in [0.2, 0.25) is 0 Å². The van der Waals surface area contributed by atoms with E-state index in [2.05, 4.69) is 30.8 Å². The maximum atomic E-state index is 11.9. The molecule has 5 heteroatoms. The summed E-state index contributed by atoms with van der Waals surface area (Å²) in [4.78, 5) is 0. The lowest BCUT2D eigenvalue weighted by Crippen LogP contribution is -2.37. The molecule has 0 spiro atoms. The summed E-state index contributed by atoms with van der Waals surface area (Å²) < 4.78 is 40.5. The highest BCUT2D eigenvalue weighted by molar-refractivity contribution is 4.74. The fourth-order valence-electron chi connectivity index (χ4n) is 2.09. The summed E-state index contributed by atoms with van der Waals surface area (Å²) in [5, 5.41) is 3.41. The van der Waals surface area contributed by atoms with Crippen LogP contribution >= 0.6 is 0 Å². The quantitative estimate of drug-likeness (QED) is 0.610. The van der Waals surface area contributed by atoms with Crippen molar-refractivity contribution < 1.29 is 17.9 Å². The summed E-state index contributed by atoms with van der Waals surface area (Å²) in [6.07, 6.45) is -0.474. The molecular formula is C13H26F3NO. The Morgan fingerprint density at radius 2 is 1.72 bits per heavy atom. The normalized spacial score (nSPS) is 14.2. The fraction of sp³-hybridized carbons (Fsp3) is 1.00. The van der Waals surface area contributed by atoms with Gasteiger partial charge in [0.1, 0.15) is 6.61 Å². The number of ether oxygens (including phenoxy) is 1. The van der Waals surface area contributed by atoms with Gasteiger partial charge in [0.05, 0.1) is 0 Å². The van der Waals surface area contributed by atoms with Gasteiger partial charge in [0.2, 0.25) is 0 Å². The van der Waals surface area contributed by atoms with Crippen LogP contribution in [0.5, 0.6) is 0 Å². The third-order valence-electron chi connectivity index (χ3n) is 3.11. The Kier molecular flexibility index (Phi) is 9.46. The first-order valence-corrected chi connectivity index (χ1v) is 6.82. The average Bonchev–Trinajstić information content (AvgIpc) is 2.30. The minimum Gasteiger partial charge on any atom is -0.372 e. The molecule has 2 nitrogen and oxygen atoms in total. The van der Waals surface area contributed by atoms with Gasteiger partial charge in [-0.25, -0.2) is 0 Å². The van der Waals surface area contributed by atoms with Gasteiger partial charge in [-0.05, 0) is 25.3 Å². The van der Waals surface area contributed by atoms with Gasteiger partial charge in [-0.15, -0.1) is 0 Å². The molecule has 1 N–H and O–H groups in total. The molecule has 0 aliphatic heterocycles. The number of rotatable bonds is 10. The van der Waals surface area contributed by atoms with E-state index >= 15 is 0 Å². The first-order chi connectivity index (χ1) is 8.44. The third-order valence-corrected chi connectivity index (χ3v) is 3.11. The van der Waals surface area contributed by atoms with E-state index in [4.69, 9.17) is 0 Å². The van der Waals surface area contributed by atoms with Gasteiger partial charge in [0.15, 0.2) is 0 Å². The van der Waals surface area contributed by atoms with Crippen molar-refractivity contribution in [3.8, 4) is 0 Å². The van der Waals surface area contributed by atoms with Crippen LogP contribution in [0.4, 0.5) is 13.2 Å². The van der Waals surface area contributed by atoms with E-state index in [0.29, 0.717) is 12.3 Å². The number of nitrogens with one attached hydrogen (secondary N) is 1. The van der Waals surface area contributed by atoms with Crippen molar-refractivity contribution in [2.75, 3.05) is 19.8 Å². The zero-order valence-electron chi connectivity index (χ0n) is 11.6. The van der Waals surface area contributed by atoms with Crippen LogP contribution in [0.3, 0.4) is 0 Å². The first-order valence-electron chi connectivity index (χ1n) is 6.82. The summed E-state index contributed by atoms with van der Waals surface area (Å²) in [5.74, 6) is 0.506. The molecule has 110 valence electrons. The molecule has 0 aromatic heterocycles. The SMILES string of the molecule is CCCNC(CCOCC(F)(F)F)C(CC)CC. The van der Waals surface area contributed by atoms with Gasteiger partial charge >= 0.3 is 6.18 Å². The number of hydrogen-bond acceptors (Lipinski definition) is 2. The van der Waals surface area contributed by atoms with E-state index in [1.807, 2.05) is 0 Å². The van der Waals surface area contributed by atoms with E-state index < -0.39 is 12.8 Å². The minimum atomic E-state index is -4.22. The number of halogens is 3. The fourth-order valence-corrected chi connectivity index (χ4v) is 2.09. The van der Waals surface area contributed by atoms with Crippen LogP contribution in [0.1, 0.15) is 46.5 Å². The summed E-state index contributed by atoms with van der Waals surface area (Å²) in [5.41, 5.74) is 0. The van der Waals surface area contributed by atoms with Crippen LogP contribution in [-0.4, -0.2) is 32.0 Å². The molecule has 0 amide bonds. The molecule has 0 rings (SSSR count). The van der Waals surface area contributed by atoms with Crippen molar-refractivity contribution >= 4 is 0 Å². The predicted molar refractivity (Wildman–Crippen MR) is 67.6 cm³/mol. The summed E-state index contributed by atoms with van der Waals surface area (Å²) in [6, 6.07) is 0.258. The maximum Gasteiger partial charge on any atom is 0.411 e. The number of alkyl halides is 3. The largest absolute Gasteiger partial charge is 0.411 e. The molecule has 0 aliphatic carbocycles. The molecule has 1 unspecified atom stereocenters. The van der Waals surface area contributed by atoms with Crippen LogP contribution in [0.25, 0.3) is 0 Å². The highest BCUT2D eigenvalue weighted by Gasteiger charge is 2.27. The zero-order chi connectivity index (χ0) is 14.0. The summed E-state index contributed by atoms with van der Waals surface area (Å²) in [7, 11) is 0. The van der Waals surface area contributed by atoms with E-state index in [-0.39, 0.29) is 12.6 Å². The van der Waals surface area contributed by atoms with E-state index in [1.54, 1.807) is 0 Å². The summed E-state index contributed by atoms with van der Waals surface area (Å²) in [6.45, 7) is 6.24. The van der Waals surface area contributed by atoms with E-state index in [0.717, 1.165) is 25.8 Å². The molecule has 0 bridgehead atoms. The Hall–Kier alpha value is -0.290. The summed E-state index contributed by atoms with van der Waals surface area (Å²) >= 11 is 0. The highest BCUT2D eigenvalue weighted by atomic mass is 19.4. The molecule has 0 fully saturated rings. The van der Waals surface area contributed by atoms with Gasteiger partial charge in [-0.3, -0.25) is 0 Å². The molecule has 0 heterocycles. The van der Waals surface area contributed by atoms with Crippen LogP contribution in [0.15, 0.2) is 0 Å². The maximum absolute atomic E-state index is 11.9. The Morgan fingerprint density at radius 1 is 1.11 bits per heavy atom. The second-order valence-electron chi connectivity index (χ2n) is 4.59. The predicted octanol–water partition coefficient (Wildman–Crippen LogP) is 3.76. The van der Waals surface area contributed by atoms with Gasteiger partial charge in [0, 0.05) is 12.6 Å². The zero-order valence-corrected chi connectivity index (χ0v) is 11.6. The lowest BCUT2D eigenvalue weighted by molar-refractivity contribution is -0.174. The lowest BCUT2D eigenvalue weighted by atomic mass is 9.92. The van der Waals surface area contributed by atoms with Crippen molar-refractivity contribution in [3.05, 3.63) is 0 Å². The Labute approximate surface area is 108 Å². The van der Waals surface area contributed by atoms with Gasteiger partial charge in [0.25, 0.3) is 0 Å². The first kappa shape index (κ1) is 17.7. The van der Waals surface area contributed by atoms with Gasteiger partial charge in [-0.2, -0.15) is 13.2 Å². The molecule has 18 heavy (non-hydrogen) atoms. The topological polar surface area (TPSA) is 21.3 Å². The van der Waals surface area contributed by atoms with Gasteiger partial charge < -0.3 is 10.1 Å². The van der Waals surface area contributed by atoms with Crippen molar-refractivity contribution in [2.45, 2.75) is 58.7 Å². The molecule has 0 aliphatic rings. The average molecular weight is 269 g/mol.